The number of sulfonamides is 1. The summed E-state index contributed by atoms with van der Waals surface area (Å²) in [5.41, 5.74) is 0. The number of nitrogens with zero attached hydrogens (tertiary/aromatic N) is 2. The van der Waals surface area contributed by atoms with Crippen LogP contribution >= 0.6 is 0 Å². The Bertz CT molecular complexity index is 482. The maximum Gasteiger partial charge on any atom is 0.236 e. The van der Waals surface area contributed by atoms with Crippen molar-refractivity contribution in [2.24, 2.45) is 0 Å². The summed E-state index contributed by atoms with van der Waals surface area (Å²) in [6.45, 7) is 5.43. The summed E-state index contributed by atoms with van der Waals surface area (Å²) in [6, 6.07) is 0.103. The van der Waals surface area contributed by atoms with Gasteiger partial charge < -0.3 is 9.64 Å². The lowest BCUT2D eigenvalue weighted by atomic mass is 10.0. The number of piperidine rings is 1. The van der Waals surface area contributed by atoms with Crippen molar-refractivity contribution >= 4 is 15.9 Å². The standard InChI is InChI=1S/C14H27N3O4S/c1-12-10-17(7-8-21-12)14(18)11-16-6-4-3-5-13(16)9-15-22(2,19)20/h12-13,15H,3-11H2,1-2H3/t12-,13+/m1/s1. The third-order valence-corrected chi connectivity index (χ3v) is 4.95. The molecule has 0 radical (unpaired) electrons. The van der Waals surface area contributed by atoms with Crippen LogP contribution in [0.4, 0.5) is 0 Å². The Morgan fingerprint density at radius 3 is 2.77 bits per heavy atom. The van der Waals surface area contributed by atoms with E-state index < -0.39 is 10.0 Å². The molecule has 0 saturated carbocycles. The quantitative estimate of drug-likeness (QED) is 0.743. The number of carbonyl (C=O) groups is 1. The van der Waals surface area contributed by atoms with E-state index in [0.717, 1.165) is 25.8 Å². The van der Waals surface area contributed by atoms with Gasteiger partial charge in [0, 0.05) is 25.7 Å². The molecule has 2 atom stereocenters. The zero-order chi connectivity index (χ0) is 16.2. The molecule has 8 heteroatoms. The third kappa shape index (κ3) is 5.49. The Kier molecular flexibility index (Phi) is 6.19. The second-order valence-electron chi connectivity index (χ2n) is 6.26. The van der Waals surface area contributed by atoms with Gasteiger partial charge in [-0.05, 0) is 26.3 Å². The van der Waals surface area contributed by atoms with Crippen LogP contribution in [-0.4, -0.2) is 81.9 Å². The Morgan fingerprint density at radius 1 is 1.32 bits per heavy atom. The highest BCUT2D eigenvalue weighted by molar-refractivity contribution is 7.88. The van der Waals surface area contributed by atoms with Crippen molar-refractivity contribution in [2.45, 2.75) is 38.3 Å². The van der Waals surface area contributed by atoms with Crippen LogP contribution in [0, 0.1) is 0 Å². The van der Waals surface area contributed by atoms with E-state index >= 15 is 0 Å². The SMILES string of the molecule is C[C@@H]1CN(C(=O)CN2CCCC[C@H]2CNS(C)(=O)=O)CCO1. The van der Waals surface area contributed by atoms with Gasteiger partial charge in [-0.2, -0.15) is 0 Å². The molecule has 128 valence electrons. The molecule has 0 aromatic carbocycles. The van der Waals surface area contributed by atoms with Crippen molar-refractivity contribution < 1.29 is 17.9 Å². The molecule has 0 bridgehead atoms. The molecule has 2 aliphatic heterocycles. The molecule has 2 heterocycles. The first-order chi connectivity index (χ1) is 10.3. The average Bonchev–Trinajstić information content (AvgIpc) is 2.45. The van der Waals surface area contributed by atoms with Gasteiger partial charge in [0.25, 0.3) is 0 Å². The smallest absolute Gasteiger partial charge is 0.236 e. The molecule has 2 fully saturated rings. The van der Waals surface area contributed by atoms with Crippen LogP contribution in [0.15, 0.2) is 0 Å². The second kappa shape index (κ2) is 7.72. The number of rotatable bonds is 5. The molecule has 0 aliphatic carbocycles. The molecule has 2 aliphatic rings. The Morgan fingerprint density at radius 2 is 2.09 bits per heavy atom. The van der Waals surface area contributed by atoms with Gasteiger partial charge in [-0.3, -0.25) is 9.69 Å². The minimum absolute atomic E-state index is 0.0850. The van der Waals surface area contributed by atoms with Crippen molar-refractivity contribution in [3.63, 3.8) is 0 Å². The summed E-state index contributed by atoms with van der Waals surface area (Å²) in [4.78, 5) is 16.4. The lowest BCUT2D eigenvalue weighted by Gasteiger charge is -2.38. The van der Waals surface area contributed by atoms with E-state index in [4.69, 9.17) is 4.74 Å². The first kappa shape index (κ1) is 17.7. The van der Waals surface area contributed by atoms with E-state index in [1.807, 2.05) is 11.8 Å². The van der Waals surface area contributed by atoms with E-state index in [9.17, 15) is 13.2 Å². The normalized spacial score (nSPS) is 27.8. The number of hydrogen-bond donors (Lipinski definition) is 1. The van der Waals surface area contributed by atoms with Gasteiger partial charge in [-0.1, -0.05) is 6.42 Å². The predicted molar refractivity (Wildman–Crippen MR) is 84.1 cm³/mol. The molecule has 2 rings (SSSR count). The molecule has 0 aromatic rings. The Labute approximate surface area is 133 Å². The summed E-state index contributed by atoms with van der Waals surface area (Å²) in [5, 5.41) is 0. The number of morpholine rings is 1. The second-order valence-corrected chi connectivity index (χ2v) is 8.09. The highest BCUT2D eigenvalue weighted by atomic mass is 32.2. The maximum atomic E-state index is 12.4. The van der Waals surface area contributed by atoms with E-state index in [1.165, 1.54) is 6.26 Å². The summed E-state index contributed by atoms with van der Waals surface area (Å²) < 4.78 is 30.6. The van der Waals surface area contributed by atoms with Crippen molar-refractivity contribution in [3.05, 3.63) is 0 Å². The zero-order valence-corrected chi connectivity index (χ0v) is 14.3. The lowest BCUT2D eigenvalue weighted by Crippen LogP contribution is -2.53. The number of nitrogens with one attached hydrogen (secondary N) is 1. The molecule has 1 amide bonds. The van der Waals surface area contributed by atoms with Crippen LogP contribution in [0.2, 0.25) is 0 Å². The van der Waals surface area contributed by atoms with E-state index in [2.05, 4.69) is 9.62 Å². The van der Waals surface area contributed by atoms with Gasteiger partial charge in [-0.25, -0.2) is 13.1 Å². The van der Waals surface area contributed by atoms with Crippen molar-refractivity contribution in [2.75, 3.05) is 45.6 Å². The van der Waals surface area contributed by atoms with Gasteiger partial charge in [-0.15, -0.1) is 0 Å². The maximum absolute atomic E-state index is 12.4. The highest BCUT2D eigenvalue weighted by Crippen LogP contribution is 2.17. The third-order valence-electron chi connectivity index (χ3n) is 4.26. The van der Waals surface area contributed by atoms with Crippen LogP contribution in [0.1, 0.15) is 26.2 Å². The van der Waals surface area contributed by atoms with Crippen LogP contribution in [0.3, 0.4) is 0 Å². The van der Waals surface area contributed by atoms with E-state index in [-0.39, 0.29) is 18.1 Å². The Hall–Kier alpha value is -0.700. The van der Waals surface area contributed by atoms with E-state index in [0.29, 0.717) is 32.8 Å². The minimum atomic E-state index is -3.19. The van der Waals surface area contributed by atoms with Gasteiger partial charge in [0.2, 0.25) is 15.9 Å². The summed E-state index contributed by atoms with van der Waals surface area (Å²) in [7, 11) is -3.19. The van der Waals surface area contributed by atoms with Crippen molar-refractivity contribution in [1.29, 1.82) is 0 Å². The molecule has 2 saturated heterocycles. The fourth-order valence-corrected chi connectivity index (χ4v) is 3.56. The number of hydrogen-bond acceptors (Lipinski definition) is 5. The summed E-state index contributed by atoms with van der Waals surface area (Å²) in [6.07, 6.45) is 4.31. The molecular formula is C14H27N3O4S. The molecular weight excluding hydrogens is 306 g/mol. The fraction of sp³-hybridized carbons (Fsp3) is 0.929. The molecule has 22 heavy (non-hydrogen) atoms. The minimum Gasteiger partial charge on any atom is -0.375 e. The van der Waals surface area contributed by atoms with Crippen LogP contribution in [-0.2, 0) is 19.6 Å². The molecule has 7 nitrogen and oxygen atoms in total. The summed E-state index contributed by atoms with van der Waals surface area (Å²) >= 11 is 0. The predicted octanol–water partition coefficient (Wildman–Crippen LogP) is -0.363. The number of likely N-dealkylation sites (tertiary alicyclic amines) is 1. The summed E-state index contributed by atoms with van der Waals surface area (Å²) in [5.74, 6) is 0.112. The number of amides is 1. The lowest BCUT2D eigenvalue weighted by molar-refractivity contribution is -0.140. The monoisotopic (exact) mass is 333 g/mol. The molecule has 0 spiro atoms. The van der Waals surface area contributed by atoms with Crippen LogP contribution in [0.25, 0.3) is 0 Å². The van der Waals surface area contributed by atoms with Gasteiger partial charge in [0.1, 0.15) is 0 Å². The van der Waals surface area contributed by atoms with Crippen LogP contribution < -0.4 is 4.72 Å². The van der Waals surface area contributed by atoms with Gasteiger partial charge in [0.15, 0.2) is 0 Å². The first-order valence-electron chi connectivity index (χ1n) is 7.93. The molecule has 1 N–H and O–H groups in total. The molecule has 0 unspecified atom stereocenters. The average molecular weight is 333 g/mol. The topological polar surface area (TPSA) is 79.0 Å². The Balaban J connectivity index is 1.88. The van der Waals surface area contributed by atoms with Gasteiger partial charge in [0.05, 0.1) is 25.5 Å². The first-order valence-corrected chi connectivity index (χ1v) is 9.82. The number of ether oxygens (including phenoxy) is 1. The van der Waals surface area contributed by atoms with E-state index in [1.54, 1.807) is 0 Å². The fourth-order valence-electron chi connectivity index (χ4n) is 3.07. The number of carbonyl (C=O) groups excluding carboxylic acids is 1. The molecule has 0 aromatic heterocycles. The zero-order valence-electron chi connectivity index (χ0n) is 13.5. The van der Waals surface area contributed by atoms with Crippen molar-refractivity contribution in [1.82, 2.24) is 14.5 Å². The van der Waals surface area contributed by atoms with Crippen molar-refractivity contribution in [3.8, 4) is 0 Å². The largest absolute Gasteiger partial charge is 0.375 e. The van der Waals surface area contributed by atoms with Gasteiger partial charge >= 0.3 is 0 Å². The van der Waals surface area contributed by atoms with Crippen LogP contribution in [0.5, 0.6) is 0 Å². The highest BCUT2D eigenvalue weighted by Gasteiger charge is 2.28.